The molecule has 3 aromatic rings. The number of alkyl halides is 17. The summed E-state index contributed by atoms with van der Waals surface area (Å²) in [7, 11) is -12.4. The third kappa shape index (κ3) is 5.97. The van der Waals surface area contributed by atoms with Crippen LogP contribution >= 0.6 is 22.1 Å². The van der Waals surface area contributed by atoms with Gasteiger partial charge in [0.2, 0.25) is 0 Å². The van der Waals surface area contributed by atoms with Gasteiger partial charge < -0.3 is 0 Å². The fourth-order valence-corrected chi connectivity index (χ4v) is 9.63. The monoisotopic (exact) mass is 808 g/mol. The smallest absolute Gasteiger partial charge is 0.202 e. The highest BCUT2D eigenvalue weighted by molar-refractivity contribution is 8.33. The van der Waals surface area contributed by atoms with Crippen molar-refractivity contribution < 1.29 is 86.7 Å². The van der Waals surface area contributed by atoms with Crippen LogP contribution in [0.2, 0.25) is 0 Å². The van der Waals surface area contributed by atoms with Gasteiger partial charge in [0.25, 0.3) is 0 Å². The van der Waals surface area contributed by atoms with Crippen LogP contribution in [-0.2, 0) is 13.7 Å². The Kier molecular flexibility index (Phi) is 10.7. The van der Waals surface area contributed by atoms with Gasteiger partial charge in [-0.3, -0.25) is 0 Å². The van der Waals surface area contributed by atoms with Gasteiger partial charge in [-0.2, -0.15) is 83.1 Å². The van der Waals surface area contributed by atoms with Crippen LogP contribution in [0.3, 0.4) is 0 Å². The molecular formula is C27H17F17O3S3. The average Bonchev–Trinajstić information content (AvgIpc) is 3.03. The molecule has 0 radical (unpaired) electrons. The van der Waals surface area contributed by atoms with Gasteiger partial charge in [-0.05, 0) is 65.1 Å². The van der Waals surface area contributed by atoms with Crippen LogP contribution in [0.25, 0.3) is 0 Å². The van der Waals surface area contributed by atoms with E-state index in [0.29, 0.717) is 4.90 Å². The van der Waals surface area contributed by atoms with Crippen molar-refractivity contribution in [3.05, 3.63) is 84.9 Å². The molecule has 0 saturated carbocycles. The summed E-state index contributed by atoms with van der Waals surface area (Å²) in [6, 6.07) is 15.3. The van der Waals surface area contributed by atoms with E-state index in [0.717, 1.165) is 72.4 Å². The minimum absolute atomic E-state index is 0.401. The van der Waals surface area contributed by atoms with Gasteiger partial charge in [0.05, 0.1) is 0 Å². The van der Waals surface area contributed by atoms with E-state index < -0.39 is 82.1 Å². The summed E-state index contributed by atoms with van der Waals surface area (Å²) in [4.78, 5) is -1.04. The fourth-order valence-electron chi connectivity index (χ4n) is 4.00. The molecule has 0 aromatic heterocycles. The average molecular weight is 809 g/mol. The van der Waals surface area contributed by atoms with E-state index in [1.807, 2.05) is 0 Å². The second-order valence-electron chi connectivity index (χ2n) is 9.84. The molecule has 0 aliphatic carbocycles. The van der Waals surface area contributed by atoms with E-state index in [-0.39, 0.29) is 0 Å². The zero-order valence-corrected chi connectivity index (χ0v) is 26.4. The predicted octanol–water partition coefficient (Wildman–Crippen LogP) is 10.9. The van der Waals surface area contributed by atoms with E-state index >= 15 is 8.78 Å². The lowest BCUT2D eigenvalue weighted by Crippen LogP contribution is -2.75. The molecule has 0 fully saturated rings. The lowest BCUT2D eigenvalue weighted by atomic mass is 9.91. The minimum atomic E-state index is -8.96. The highest BCUT2D eigenvalue weighted by Gasteiger charge is 2.96. The van der Waals surface area contributed by atoms with Crippen molar-refractivity contribution in [2.45, 2.75) is 66.5 Å². The Labute approximate surface area is 276 Å². The lowest BCUT2D eigenvalue weighted by molar-refractivity contribution is -0.458. The van der Waals surface area contributed by atoms with Crippen LogP contribution in [-0.4, -0.2) is 61.6 Å². The van der Waals surface area contributed by atoms with Crippen LogP contribution in [0.4, 0.5) is 74.6 Å². The van der Waals surface area contributed by atoms with E-state index in [4.69, 9.17) is 0 Å². The zero-order chi connectivity index (χ0) is 38.6. The molecule has 0 N–H and O–H groups in total. The van der Waals surface area contributed by atoms with Gasteiger partial charge in [0, 0.05) is 19.6 Å². The Balaban J connectivity index is 2.31. The van der Waals surface area contributed by atoms with Crippen molar-refractivity contribution in [1.29, 1.82) is 0 Å². The first kappa shape index (κ1) is 41.5. The summed E-state index contributed by atoms with van der Waals surface area (Å²) in [5.74, 6) is -52.3. The number of benzene rings is 3. The number of thioether (sulfide) groups is 1. The van der Waals surface area contributed by atoms with Crippen LogP contribution in [0.15, 0.2) is 105 Å². The van der Waals surface area contributed by atoms with Gasteiger partial charge in [-0.25, -0.2) is 3.63 Å². The number of hydrogen-bond donors (Lipinski definition) is 0. The summed E-state index contributed by atoms with van der Waals surface area (Å²) >= 11 is 1.06. The molecule has 3 rings (SSSR count). The normalized spacial score (nSPS) is 15.2. The Morgan fingerprint density at radius 2 is 0.780 bits per heavy atom. The van der Waals surface area contributed by atoms with Crippen LogP contribution in [0.5, 0.6) is 0 Å². The molecule has 0 unspecified atom stereocenters. The van der Waals surface area contributed by atoms with Crippen LogP contribution in [0, 0.1) is 0 Å². The molecule has 0 spiro atoms. The summed E-state index contributed by atoms with van der Waals surface area (Å²) in [5, 5.41) is -7.86. The number of halogens is 17. The first-order valence-corrected chi connectivity index (χ1v) is 16.9. The molecule has 0 heterocycles. The Hall–Kier alpha value is -2.92. The highest BCUT2D eigenvalue weighted by Crippen LogP contribution is 2.72. The van der Waals surface area contributed by atoms with Crippen molar-refractivity contribution in [3.63, 3.8) is 0 Å². The second kappa shape index (κ2) is 12.9. The standard InChI is InChI=1S/C27H17F17O3S3/c1-48-16-12-14-19(15-13-16)49(17-8-4-2-5-9-17,18-10-6-3-7-11-18)47-50(45,46)27(43,44)25(38,39)23(34,35)21(30,31)20(28,29)22(32,33)24(36,37)26(40,41)42/h2-15H,1H3. The third-order valence-electron chi connectivity index (χ3n) is 6.74. The molecular weight excluding hydrogens is 791 g/mol. The zero-order valence-electron chi connectivity index (χ0n) is 24.0. The topological polar surface area (TPSA) is 43.4 Å². The van der Waals surface area contributed by atoms with Crippen molar-refractivity contribution in [3.8, 4) is 0 Å². The maximum atomic E-state index is 15.3. The molecule has 0 aliphatic rings. The Morgan fingerprint density at radius 1 is 0.460 bits per heavy atom. The van der Waals surface area contributed by atoms with Crippen molar-refractivity contribution in [1.82, 2.24) is 0 Å². The maximum absolute atomic E-state index is 15.3. The molecule has 0 bridgehead atoms. The quantitative estimate of drug-likeness (QED) is 0.127. The van der Waals surface area contributed by atoms with Gasteiger partial charge in [-0.15, -0.1) is 11.8 Å². The van der Waals surface area contributed by atoms with Gasteiger partial charge in [0.15, 0.2) is 0 Å². The molecule has 280 valence electrons. The molecule has 0 aliphatic heterocycles. The molecule has 0 atom stereocenters. The summed E-state index contributed by atoms with van der Waals surface area (Å²) in [5.41, 5.74) is 0. The van der Waals surface area contributed by atoms with Crippen LogP contribution < -0.4 is 0 Å². The van der Waals surface area contributed by atoms with Crippen molar-refractivity contribution >= 4 is 32.2 Å². The highest BCUT2D eigenvalue weighted by atomic mass is 32.3. The summed E-state index contributed by atoms with van der Waals surface area (Å²) < 4.78 is 268. The first-order valence-electron chi connectivity index (χ1n) is 12.7. The summed E-state index contributed by atoms with van der Waals surface area (Å²) in [6.45, 7) is 0. The molecule has 50 heavy (non-hydrogen) atoms. The van der Waals surface area contributed by atoms with Gasteiger partial charge >= 0.3 is 57.1 Å². The largest absolute Gasteiger partial charge is 0.460 e. The molecule has 0 amide bonds. The molecule has 0 saturated heterocycles. The lowest BCUT2D eigenvalue weighted by Gasteiger charge is -2.43. The van der Waals surface area contributed by atoms with Crippen LogP contribution in [0.1, 0.15) is 0 Å². The third-order valence-corrected chi connectivity index (χ3v) is 12.7. The first-order chi connectivity index (χ1) is 22.5. The Morgan fingerprint density at radius 3 is 1.12 bits per heavy atom. The van der Waals surface area contributed by atoms with E-state index in [2.05, 4.69) is 3.63 Å². The fraction of sp³-hybridized carbons (Fsp3) is 0.333. The van der Waals surface area contributed by atoms with E-state index in [1.165, 1.54) is 30.5 Å². The molecule has 3 aromatic carbocycles. The summed E-state index contributed by atoms with van der Waals surface area (Å²) in [6.07, 6.45) is -6.39. The molecule has 3 nitrogen and oxygen atoms in total. The van der Waals surface area contributed by atoms with Crippen molar-refractivity contribution in [2.75, 3.05) is 6.26 Å². The molecule has 23 heteroatoms. The number of hydrogen-bond acceptors (Lipinski definition) is 4. The second-order valence-corrected chi connectivity index (χ2v) is 15.2. The minimum Gasteiger partial charge on any atom is -0.202 e. The SMILES string of the molecule is CSc1ccc(S(OS(=O)(=O)C(F)(F)C(F)(F)C(F)(F)C(F)(F)C(F)(F)C(F)(F)C(F)(F)C(F)(F)F)(c2ccccc2)c2ccccc2)cc1. The van der Waals surface area contributed by atoms with E-state index in [1.54, 1.807) is 0 Å². The number of rotatable bonds is 13. The van der Waals surface area contributed by atoms with E-state index in [9.17, 15) is 74.3 Å². The van der Waals surface area contributed by atoms with Gasteiger partial charge in [-0.1, -0.05) is 36.4 Å². The Bertz CT molecular complexity index is 1710. The predicted molar refractivity (Wildman–Crippen MR) is 144 cm³/mol. The van der Waals surface area contributed by atoms with Crippen molar-refractivity contribution in [2.24, 2.45) is 0 Å². The maximum Gasteiger partial charge on any atom is 0.460 e. The van der Waals surface area contributed by atoms with Gasteiger partial charge in [0.1, 0.15) is 0 Å².